The third-order valence-electron chi connectivity index (χ3n) is 5.02. The fourth-order valence-electron chi connectivity index (χ4n) is 3.50. The molecule has 1 amide bonds. The van der Waals surface area contributed by atoms with Crippen molar-refractivity contribution in [3.8, 4) is 5.75 Å². The lowest BCUT2D eigenvalue weighted by atomic mass is 9.79. The van der Waals surface area contributed by atoms with Gasteiger partial charge in [-0.25, -0.2) is 0 Å². The van der Waals surface area contributed by atoms with Crippen molar-refractivity contribution in [2.45, 2.75) is 24.9 Å². The average molecular weight is 354 g/mol. The van der Waals surface area contributed by atoms with E-state index in [1.54, 1.807) is 13.2 Å². The fraction of sp³-hybridized carbons (Fsp3) is 0.381. The highest BCUT2D eigenvalue weighted by atomic mass is 16.5. The van der Waals surface area contributed by atoms with Gasteiger partial charge in [0, 0.05) is 25.3 Å². The Morgan fingerprint density at radius 3 is 2.81 bits per heavy atom. The Morgan fingerprint density at radius 1 is 1.27 bits per heavy atom. The number of rotatable bonds is 5. The molecular weight excluding hydrogens is 328 g/mol. The molecule has 0 saturated carbocycles. The Bertz CT molecular complexity index is 804. The predicted octanol–water partition coefficient (Wildman–Crippen LogP) is 2.72. The van der Waals surface area contributed by atoms with E-state index in [4.69, 9.17) is 4.74 Å². The number of nitrogens with zero attached hydrogens (tertiary/aromatic N) is 1. The molecule has 138 valence electrons. The van der Waals surface area contributed by atoms with Crippen molar-refractivity contribution in [2.24, 2.45) is 0 Å². The molecule has 5 heteroatoms. The Morgan fingerprint density at radius 2 is 2.08 bits per heavy atom. The number of amides is 1. The van der Waals surface area contributed by atoms with Crippen LogP contribution in [-0.2, 0) is 12.0 Å². The number of anilines is 1. The second-order valence-corrected chi connectivity index (χ2v) is 7.04. The van der Waals surface area contributed by atoms with Crippen LogP contribution in [0.25, 0.3) is 0 Å². The number of nitrogens with one attached hydrogen (secondary N) is 1. The zero-order chi connectivity index (χ0) is 18.7. The summed E-state index contributed by atoms with van der Waals surface area (Å²) < 4.78 is 5.28. The first-order valence-corrected chi connectivity index (χ1v) is 8.88. The van der Waals surface area contributed by atoms with E-state index in [1.165, 1.54) is 0 Å². The van der Waals surface area contributed by atoms with Crippen LogP contribution in [0.4, 0.5) is 5.69 Å². The van der Waals surface area contributed by atoms with Crippen LogP contribution in [0.2, 0.25) is 0 Å². The number of ether oxygens (including phenoxy) is 1. The van der Waals surface area contributed by atoms with Crippen molar-refractivity contribution < 1.29 is 14.6 Å². The standard InChI is InChI=1S/C21H26N2O3/c1-23(2)17-8-4-6-16(12-17)20(24)22-14-21(25)11-5-7-15-13-18(26-3)9-10-19(15)21/h4,6,8-10,12-13,25H,5,7,11,14H2,1-3H3,(H,22,24)/t21-/m0/s1. The van der Waals surface area contributed by atoms with Crippen molar-refractivity contribution in [3.05, 3.63) is 59.2 Å². The van der Waals surface area contributed by atoms with Crippen LogP contribution < -0.4 is 15.0 Å². The first-order chi connectivity index (χ1) is 12.4. The first-order valence-electron chi connectivity index (χ1n) is 8.88. The highest BCUT2D eigenvalue weighted by molar-refractivity contribution is 5.95. The maximum absolute atomic E-state index is 12.6. The summed E-state index contributed by atoms with van der Waals surface area (Å²) in [5.74, 6) is 0.611. The minimum Gasteiger partial charge on any atom is -0.497 e. The van der Waals surface area contributed by atoms with Crippen LogP contribution in [-0.4, -0.2) is 38.8 Å². The molecule has 0 unspecified atom stereocenters. The first kappa shape index (κ1) is 18.3. The van der Waals surface area contributed by atoms with Gasteiger partial charge in [-0.05, 0) is 60.7 Å². The van der Waals surface area contributed by atoms with Gasteiger partial charge in [0.05, 0.1) is 13.7 Å². The second kappa shape index (κ2) is 7.38. The Labute approximate surface area is 154 Å². The van der Waals surface area contributed by atoms with E-state index in [1.807, 2.05) is 55.4 Å². The van der Waals surface area contributed by atoms with Crippen molar-refractivity contribution in [2.75, 3.05) is 32.6 Å². The average Bonchev–Trinajstić information content (AvgIpc) is 2.66. The molecule has 0 spiro atoms. The quantitative estimate of drug-likeness (QED) is 0.867. The fourth-order valence-corrected chi connectivity index (χ4v) is 3.50. The van der Waals surface area contributed by atoms with Crippen molar-refractivity contribution in [3.63, 3.8) is 0 Å². The van der Waals surface area contributed by atoms with Gasteiger partial charge in [0.25, 0.3) is 5.91 Å². The zero-order valence-electron chi connectivity index (χ0n) is 15.6. The lowest BCUT2D eigenvalue weighted by Gasteiger charge is -2.35. The molecule has 5 nitrogen and oxygen atoms in total. The molecule has 26 heavy (non-hydrogen) atoms. The summed E-state index contributed by atoms with van der Waals surface area (Å²) in [7, 11) is 5.51. The minimum atomic E-state index is -1.05. The summed E-state index contributed by atoms with van der Waals surface area (Å²) in [6.07, 6.45) is 2.42. The molecule has 3 rings (SSSR count). The molecule has 2 aromatic carbocycles. The van der Waals surface area contributed by atoms with E-state index < -0.39 is 5.60 Å². The number of hydrogen-bond acceptors (Lipinski definition) is 4. The van der Waals surface area contributed by atoms with E-state index in [-0.39, 0.29) is 12.5 Å². The largest absolute Gasteiger partial charge is 0.497 e. The summed E-state index contributed by atoms with van der Waals surface area (Å²) >= 11 is 0. The summed E-state index contributed by atoms with van der Waals surface area (Å²) in [6.45, 7) is 0.192. The maximum Gasteiger partial charge on any atom is 0.251 e. The molecule has 0 aliphatic heterocycles. The summed E-state index contributed by atoms with van der Waals surface area (Å²) in [5.41, 5.74) is 2.47. The molecule has 0 aromatic heterocycles. The zero-order valence-corrected chi connectivity index (χ0v) is 15.6. The lowest BCUT2D eigenvalue weighted by Crippen LogP contribution is -2.43. The molecule has 0 fully saturated rings. The third-order valence-corrected chi connectivity index (χ3v) is 5.02. The monoisotopic (exact) mass is 354 g/mol. The molecule has 2 aromatic rings. The molecule has 1 atom stereocenters. The summed E-state index contributed by atoms with van der Waals surface area (Å²) in [6, 6.07) is 13.2. The topological polar surface area (TPSA) is 61.8 Å². The van der Waals surface area contributed by atoms with Crippen LogP contribution in [0.3, 0.4) is 0 Å². The maximum atomic E-state index is 12.6. The van der Waals surface area contributed by atoms with Crippen LogP contribution in [0, 0.1) is 0 Å². The smallest absolute Gasteiger partial charge is 0.251 e. The number of aryl methyl sites for hydroxylation is 1. The van der Waals surface area contributed by atoms with E-state index in [2.05, 4.69) is 5.32 Å². The number of carbonyl (C=O) groups is 1. The predicted molar refractivity (Wildman–Crippen MR) is 103 cm³/mol. The van der Waals surface area contributed by atoms with Crippen molar-refractivity contribution in [1.82, 2.24) is 5.32 Å². The van der Waals surface area contributed by atoms with E-state index in [0.29, 0.717) is 12.0 Å². The molecule has 0 saturated heterocycles. The highest BCUT2D eigenvalue weighted by Gasteiger charge is 2.35. The number of fused-ring (bicyclic) bond motifs is 1. The van der Waals surface area contributed by atoms with Gasteiger partial charge in [-0.15, -0.1) is 0 Å². The van der Waals surface area contributed by atoms with Gasteiger partial charge in [-0.3, -0.25) is 4.79 Å². The molecule has 0 radical (unpaired) electrons. The van der Waals surface area contributed by atoms with E-state index in [0.717, 1.165) is 35.4 Å². The Balaban J connectivity index is 1.75. The molecule has 2 N–H and O–H groups in total. The van der Waals surface area contributed by atoms with Gasteiger partial charge in [-0.2, -0.15) is 0 Å². The van der Waals surface area contributed by atoms with Gasteiger partial charge in [0.1, 0.15) is 11.4 Å². The highest BCUT2D eigenvalue weighted by Crippen LogP contribution is 2.36. The third kappa shape index (κ3) is 3.68. The van der Waals surface area contributed by atoms with Gasteiger partial charge in [-0.1, -0.05) is 12.1 Å². The second-order valence-electron chi connectivity index (χ2n) is 7.04. The van der Waals surface area contributed by atoms with E-state index >= 15 is 0 Å². The Hall–Kier alpha value is -2.53. The number of methoxy groups -OCH3 is 1. The van der Waals surface area contributed by atoms with E-state index in [9.17, 15) is 9.90 Å². The van der Waals surface area contributed by atoms with Crippen molar-refractivity contribution in [1.29, 1.82) is 0 Å². The molecule has 1 aliphatic carbocycles. The van der Waals surface area contributed by atoms with Gasteiger partial charge < -0.3 is 20.1 Å². The molecule has 0 bridgehead atoms. The van der Waals surface area contributed by atoms with Crippen LogP contribution in [0.1, 0.15) is 34.3 Å². The van der Waals surface area contributed by atoms with Gasteiger partial charge >= 0.3 is 0 Å². The number of benzene rings is 2. The van der Waals surface area contributed by atoms with Crippen LogP contribution in [0.15, 0.2) is 42.5 Å². The number of carbonyl (C=O) groups excluding carboxylic acids is 1. The van der Waals surface area contributed by atoms with Crippen LogP contribution in [0.5, 0.6) is 5.75 Å². The molecular formula is C21H26N2O3. The molecule has 0 heterocycles. The number of aliphatic hydroxyl groups is 1. The lowest BCUT2D eigenvalue weighted by molar-refractivity contribution is 0.0189. The number of hydrogen-bond donors (Lipinski definition) is 2. The normalized spacial score (nSPS) is 18.8. The summed E-state index contributed by atoms with van der Waals surface area (Å²) in [4.78, 5) is 14.5. The Kier molecular flexibility index (Phi) is 5.18. The van der Waals surface area contributed by atoms with Crippen LogP contribution >= 0.6 is 0 Å². The summed E-state index contributed by atoms with van der Waals surface area (Å²) in [5, 5.41) is 14.1. The van der Waals surface area contributed by atoms with Gasteiger partial charge in [0.15, 0.2) is 0 Å². The van der Waals surface area contributed by atoms with Gasteiger partial charge in [0.2, 0.25) is 0 Å². The molecule has 1 aliphatic rings. The SMILES string of the molecule is COc1ccc2c(c1)CCC[C@]2(O)CNC(=O)c1cccc(N(C)C)c1. The minimum absolute atomic E-state index is 0.178. The van der Waals surface area contributed by atoms with Crippen molar-refractivity contribution >= 4 is 11.6 Å².